The van der Waals surface area contributed by atoms with Crippen molar-refractivity contribution in [3.8, 4) is 5.75 Å². The van der Waals surface area contributed by atoms with Gasteiger partial charge in [-0.3, -0.25) is 4.79 Å². The zero-order valence-electron chi connectivity index (χ0n) is 14.1. The van der Waals surface area contributed by atoms with E-state index in [-0.39, 0.29) is 17.9 Å². The Morgan fingerprint density at radius 3 is 2.64 bits per heavy atom. The van der Waals surface area contributed by atoms with Crippen molar-refractivity contribution in [2.24, 2.45) is 0 Å². The highest BCUT2D eigenvalue weighted by Crippen LogP contribution is 2.28. The number of rotatable bonds is 7. The molecule has 2 rings (SSSR count). The highest BCUT2D eigenvalue weighted by molar-refractivity contribution is 6.31. The largest absolute Gasteiger partial charge is 0.483 e. The molecule has 0 heterocycles. The summed E-state index contributed by atoms with van der Waals surface area (Å²) in [4.78, 5) is 23.4. The van der Waals surface area contributed by atoms with E-state index in [1.807, 2.05) is 24.3 Å². The van der Waals surface area contributed by atoms with Crippen LogP contribution in [0.1, 0.15) is 42.1 Å². The predicted molar refractivity (Wildman–Crippen MR) is 97.7 cm³/mol. The molecule has 6 heteroatoms. The SMILES string of the molecule is CC[C@H](C)c1ccccc1OCC(=O)Nc1cc(Cl)ccc1C(=O)O. The number of amides is 1. The molecule has 2 N–H and O–H groups in total. The van der Waals surface area contributed by atoms with Crippen molar-refractivity contribution in [2.45, 2.75) is 26.2 Å². The Labute approximate surface area is 151 Å². The van der Waals surface area contributed by atoms with E-state index >= 15 is 0 Å². The first kappa shape index (κ1) is 18.8. The van der Waals surface area contributed by atoms with Gasteiger partial charge in [-0.1, -0.05) is 43.6 Å². The van der Waals surface area contributed by atoms with Crippen LogP contribution in [-0.2, 0) is 4.79 Å². The van der Waals surface area contributed by atoms with Gasteiger partial charge in [-0.2, -0.15) is 0 Å². The third kappa shape index (κ3) is 4.97. The van der Waals surface area contributed by atoms with E-state index < -0.39 is 11.9 Å². The van der Waals surface area contributed by atoms with Gasteiger partial charge in [0.15, 0.2) is 6.61 Å². The Balaban J connectivity index is 2.08. The van der Waals surface area contributed by atoms with Crippen molar-refractivity contribution in [3.05, 3.63) is 58.6 Å². The molecule has 1 amide bonds. The lowest BCUT2D eigenvalue weighted by Gasteiger charge is -2.16. The smallest absolute Gasteiger partial charge is 0.337 e. The Morgan fingerprint density at radius 1 is 1.24 bits per heavy atom. The third-order valence-corrected chi connectivity index (χ3v) is 4.14. The maximum atomic E-state index is 12.2. The molecule has 0 fully saturated rings. The summed E-state index contributed by atoms with van der Waals surface area (Å²) in [7, 11) is 0. The number of ether oxygens (including phenoxy) is 1. The number of anilines is 1. The number of carboxylic acid groups (broad SMARTS) is 1. The summed E-state index contributed by atoms with van der Waals surface area (Å²) in [6.07, 6.45) is 0.955. The number of carboxylic acids is 1. The van der Waals surface area contributed by atoms with E-state index in [1.165, 1.54) is 18.2 Å². The fraction of sp³-hybridized carbons (Fsp3) is 0.263. The zero-order chi connectivity index (χ0) is 18.4. The quantitative estimate of drug-likeness (QED) is 0.757. The minimum absolute atomic E-state index is 0.0299. The number of hydrogen-bond donors (Lipinski definition) is 2. The van der Waals surface area contributed by atoms with Gasteiger partial charge in [-0.05, 0) is 42.2 Å². The molecule has 0 aliphatic rings. The molecule has 25 heavy (non-hydrogen) atoms. The standard InChI is InChI=1S/C19H20ClNO4/c1-3-12(2)14-6-4-5-7-17(14)25-11-18(22)21-16-10-13(20)8-9-15(16)19(23)24/h4-10,12H,3,11H2,1-2H3,(H,21,22)(H,23,24)/t12-/m0/s1. The number of carbonyl (C=O) groups is 2. The van der Waals surface area contributed by atoms with Gasteiger partial charge in [0.2, 0.25) is 0 Å². The number of halogens is 1. The number of aromatic carboxylic acids is 1. The lowest BCUT2D eigenvalue weighted by molar-refractivity contribution is -0.118. The predicted octanol–water partition coefficient (Wildman–Crippen LogP) is 4.57. The maximum absolute atomic E-state index is 12.2. The molecule has 0 aliphatic heterocycles. The van der Waals surface area contributed by atoms with Crippen molar-refractivity contribution < 1.29 is 19.4 Å². The normalized spacial score (nSPS) is 11.6. The highest BCUT2D eigenvalue weighted by Gasteiger charge is 2.15. The van der Waals surface area contributed by atoms with Crippen LogP contribution in [0.25, 0.3) is 0 Å². The van der Waals surface area contributed by atoms with Crippen LogP contribution in [0.4, 0.5) is 5.69 Å². The molecule has 0 spiro atoms. The first-order chi connectivity index (χ1) is 11.9. The van der Waals surface area contributed by atoms with Crippen LogP contribution in [0.2, 0.25) is 5.02 Å². The van der Waals surface area contributed by atoms with Crippen molar-refractivity contribution in [1.82, 2.24) is 0 Å². The van der Waals surface area contributed by atoms with Gasteiger partial charge in [-0.25, -0.2) is 4.79 Å². The van der Waals surface area contributed by atoms with Crippen molar-refractivity contribution in [2.75, 3.05) is 11.9 Å². The number of para-hydroxylation sites is 1. The number of nitrogens with one attached hydrogen (secondary N) is 1. The fourth-order valence-electron chi connectivity index (χ4n) is 2.37. The Morgan fingerprint density at radius 2 is 1.96 bits per heavy atom. The minimum atomic E-state index is -1.14. The molecule has 0 aromatic heterocycles. The van der Waals surface area contributed by atoms with Gasteiger partial charge < -0.3 is 15.2 Å². The second-order valence-corrected chi connectivity index (χ2v) is 6.12. The van der Waals surface area contributed by atoms with Crippen LogP contribution in [0.15, 0.2) is 42.5 Å². The maximum Gasteiger partial charge on any atom is 0.337 e. The van der Waals surface area contributed by atoms with Crippen molar-refractivity contribution in [1.29, 1.82) is 0 Å². The van der Waals surface area contributed by atoms with E-state index in [0.29, 0.717) is 16.7 Å². The van der Waals surface area contributed by atoms with Crippen molar-refractivity contribution in [3.63, 3.8) is 0 Å². The molecule has 0 saturated carbocycles. The minimum Gasteiger partial charge on any atom is -0.483 e. The summed E-state index contributed by atoms with van der Waals surface area (Å²) in [6, 6.07) is 11.8. The molecule has 2 aromatic rings. The lowest BCUT2D eigenvalue weighted by Crippen LogP contribution is -2.22. The summed E-state index contributed by atoms with van der Waals surface area (Å²) in [5.74, 6) is -0.638. The molecule has 1 atom stereocenters. The molecule has 0 aliphatic carbocycles. The van der Waals surface area contributed by atoms with Crippen molar-refractivity contribution >= 4 is 29.2 Å². The van der Waals surface area contributed by atoms with Crippen LogP contribution in [0.3, 0.4) is 0 Å². The van der Waals surface area contributed by atoms with E-state index in [9.17, 15) is 14.7 Å². The van der Waals surface area contributed by atoms with Crippen LogP contribution in [0, 0.1) is 0 Å². The molecule has 0 radical (unpaired) electrons. The van der Waals surface area contributed by atoms with Gasteiger partial charge in [-0.15, -0.1) is 0 Å². The van der Waals surface area contributed by atoms with Gasteiger partial charge >= 0.3 is 5.97 Å². The average Bonchev–Trinajstić information content (AvgIpc) is 2.59. The van der Waals surface area contributed by atoms with E-state index in [1.54, 1.807) is 0 Å². The molecular weight excluding hydrogens is 342 g/mol. The van der Waals surface area contributed by atoms with Gasteiger partial charge in [0.1, 0.15) is 5.75 Å². The molecular formula is C19H20ClNO4. The lowest BCUT2D eigenvalue weighted by atomic mass is 9.98. The van der Waals surface area contributed by atoms with Crippen LogP contribution in [0.5, 0.6) is 5.75 Å². The third-order valence-electron chi connectivity index (χ3n) is 3.91. The zero-order valence-corrected chi connectivity index (χ0v) is 14.8. The summed E-state index contributed by atoms with van der Waals surface area (Å²) in [5.41, 5.74) is 1.15. The van der Waals surface area contributed by atoms with Gasteiger partial charge in [0.25, 0.3) is 5.91 Å². The molecule has 0 bridgehead atoms. The van der Waals surface area contributed by atoms with Crippen LogP contribution in [-0.4, -0.2) is 23.6 Å². The molecule has 5 nitrogen and oxygen atoms in total. The average molecular weight is 362 g/mol. The van der Waals surface area contributed by atoms with Crippen LogP contribution < -0.4 is 10.1 Å². The van der Waals surface area contributed by atoms with E-state index in [2.05, 4.69) is 19.2 Å². The molecule has 0 saturated heterocycles. The monoisotopic (exact) mass is 361 g/mol. The Hall–Kier alpha value is -2.53. The molecule has 132 valence electrons. The second kappa shape index (κ2) is 8.53. The topological polar surface area (TPSA) is 75.6 Å². The molecule has 0 unspecified atom stereocenters. The first-order valence-corrected chi connectivity index (χ1v) is 8.34. The van der Waals surface area contributed by atoms with Gasteiger partial charge in [0.05, 0.1) is 11.3 Å². The summed E-state index contributed by atoms with van der Waals surface area (Å²) in [6.45, 7) is 3.95. The number of carbonyl (C=O) groups excluding carboxylic acids is 1. The summed E-state index contributed by atoms with van der Waals surface area (Å²) < 4.78 is 5.63. The summed E-state index contributed by atoms with van der Waals surface area (Å²) >= 11 is 5.87. The van der Waals surface area contributed by atoms with Crippen LogP contribution >= 0.6 is 11.6 Å². The number of hydrogen-bond acceptors (Lipinski definition) is 3. The second-order valence-electron chi connectivity index (χ2n) is 5.68. The summed E-state index contributed by atoms with van der Waals surface area (Å²) in [5, 5.41) is 12.0. The van der Waals surface area contributed by atoms with Gasteiger partial charge in [0, 0.05) is 5.02 Å². The Kier molecular flexibility index (Phi) is 6.42. The fourth-order valence-corrected chi connectivity index (χ4v) is 2.55. The molecule has 2 aromatic carbocycles. The van der Waals surface area contributed by atoms with E-state index in [0.717, 1.165) is 12.0 Å². The highest BCUT2D eigenvalue weighted by atomic mass is 35.5. The first-order valence-electron chi connectivity index (χ1n) is 7.96. The van der Waals surface area contributed by atoms with E-state index in [4.69, 9.17) is 16.3 Å². The Bertz CT molecular complexity index is 776. The number of benzene rings is 2.